The van der Waals surface area contributed by atoms with Crippen LogP contribution in [0.15, 0.2) is 18.2 Å². The zero-order valence-corrected chi connectivity index (χ0v) is 15.4. The molecule has 1 aliphatic heterocycles. The van der Waals surface area contributed by atoms with Crippen LogP contribution >= 0.6 is 0 Å². The molecule has 0 atom stereocenters. The lowest BCUT2D eigenvalue weighted by molar-refractivity contribution is 0.181. The maximum absolute atomic E-state index is 13.9. The molecule has 2 fully saturated rings. The van der Waals surface area contributed by atoms with E-state index in [1.54, 1.807) is 4.90 Å². The van der Waals surface area contributed by atoms with Crippen LogP contribution in [0.3, 0.4) is 0 Å². The average Bonchev–Trinajstić information content (AvgIpc) is 3.38. The second-order valence-corrected chi connectivity index (χ2v) is 8.96. The van der Waals surface area contributed by atoms with Gasteiger partial charge in [-0.2, -0.15) is 0 Å². The summed E-state index contributed by atoms with van der Waals surface area (Å²) in [5.74, 6) is -1.31. The summed E-state index contributed by atoms with van der Waals surface area (Å²) in [6, 6.07) is 3.03. The number of amides is 2. The van der Waals surface area contributed by atoms with Crippen LogP contribution in [-0.2, 0) is 16.6 Å². The van der Waals surface area contributed by atoms with Gasteiger partial charge in [0.15, 0.2) is 0 Å². The van der Waals surface area contributed by atoms with Gasteiger partial charge in [-0.05, 0) is 31.7 Å². The van der Waals surface area contributed by atoms with Gasteiger partial charge in [0.2, 0.25) is 10.0 Å². The fourth-order valence-corrected chi connectivity index (χ4v) is 4.05. The Morgan fingerprint density at radius 1 is 1.23 bits per heavy atom. The van der Waals surface area contributed by atoms with Gasteiger partial charge in [0.1, 0.15) is 11.6 Å². The van der Waals surface area contributed by atoms with Crippen LogP contribution in [0.2, 0.25) is 0 Å². The largest absolute Gasteiger partial charge is 0.335 e. The van der Waals surface area contributed by atoms with Crippen molar-refractivity contribution in [1.29, 1.82) is 0 Å². The van der Waals surface area contributed by atoms with E-state index < -0.39 is 21.7 Å². The van der Waals surface area contributed by atoms with E-state index in [0.717, 1.165) is 18.9 Å². The smallest absolute Gasteiger partial charge is 0.318 e. The summed E-state index contributed by atoms with van der Waals surface area (Å²) in [7, 11) is -3.21. The Hall–Kier alpha value is -1.74. The van der Waals surface area contributed by atoms with Crippen molar-refractivity contribution in [1.82, 2.24) is 14.5 Å². The summed E-state index contributed by atoms with van der Waals surface area (Å²) in [5, 5.41) is 2.93. The standard InChI is InChI=1S/C17H23F2N3O3S/c1-26(24,25)21-8-6-14(7-9-21)20-17(23)22(15-4-5-15)11-12-2-3-13(18)10-16(12)19/h2-3,10,14-15H,4-9,11H2,1H3,(H,20,23). The Morgan fingerprint density at radius 3 is 2.42 bits per heavy atom. The molecule has 1 aliphatic carbocycles. The van der Waals surface area contributed by atoms with Crippen molar-refractivity contribution in [3.05, 3.63) is 35.4 Å². The van der Waals surface area contributed by atoms with Gasteiger partial charge in [-0.25, -0.2) is 26.3 Å². The summed E-state index contributed by atoms with van der Waals surface area (Å²) in [6.07, 6.45) is 3.99. The normalized spacial score (nSPS) is 19.3. The molecule has 9 heteroatoms. The third kappa shape index (κ3) is 4.70. The van der Waals surface area contributed by atoms with Gasteiger partial charge in [0, 0.05) is 36.8 Å². The van der Waals surface area contributed by atoms with E-state index in [0.29, 0.717) is 25.9 Å². The molecule has 1 aromatic carbocycles. The van der Waals surface area contributed by atoms with Gasteiger partial charge in [0.05, 0.1) is 12.8 Å². The first-order valence-electron chi connectivity index (χ1n) is 8.70. The number of rotatable bonds is 5. The van der Waals surface area contributed by atoms with E-state index in [2.05, 4.69) is 5.32 Å². The number of nitrogens with zero attached hydrogens (tertiary/aromatic N) is 2. The highest BCUT2D eigenvalue weighted by Gasteiger charge is 2.34. The van der Waals surface area contributed by atoms with Crippen LogP contribution in [0.5, 0.6) is 0 Å². The number of benzene rings is 1. The number of piperidine rings is 1. The predicted octanol–water partition coefficient (Wildman–Crippen LogP) is 2.06. The molecule has 3 rings (SSSR count). The van der Waals surface area contributed by atoms with Crippen molar-refractivity contribution >= 4 is 16.1 Å². The van der Waals surface area contributed by atoms with E-state index in [-0.39, 0.29) is 30.2 Å². The molecular weight excluding hydrogens is 364 g/mol. The number of hydrogen-bond acceptors (Lipinski definition) is 3. The topological polar surface area (TPSA) is 69.7 Å². The molecular formula is C17H23F2N3O3S. The van der Waals surface area contributed by atoms with Crippen LogP contribution in [0.1, 0.15) is 31.2 Å². The Labute approximate surface area is 152 Å². The summed E-state index contributed by atoms with van der Waals surface area (Å²) >= 11 is 0. The molecule has 2 amide bonds. The molecule has 0 bridgehead atoms. The SMILES string of the molecule is CS(=O)(=O)N1CCC(NC(=O)N(Cc2ccc(F)cc2F)C2CC2)CC1. The van der Waals surface area contributed by atoms with E-state index in [1.807, 2.05) is 0 Å². The zero-order valence-electron chi connectivity index (χ0n) is 14.6. The molecule has 144 valence electrons. The molecule has 26 heavy (non-hydrogen) atoms. The molecule has 1 heterocycles. The molecule has 1 aromatic rings. The Kier molecular flexibility index (Phi) is 5.47. The number of carbonyl (C=O) groups excluding carboxylic acids is 1. The number of carbonyl (C=O) groups is 1. The van der Waals surface area contributed by atoms with Crippen molar-refractivity contribution in [2.24, 2.45) is 0 Å². The minimum atomic E-state index is -3.21. The van der Waals surface area contributed by atoms with Crippen molar-refractivity contribution in [3.8, 4) is 0 Å². The lowest BCUT2D eigenvalue weighted by atomic mass is 10.1. The molecule has 6 nitrogen and oxygen atoms in total. The van der Waals surface area contributed by atoms with Gasteiger partial charge in [-0.3, -0.25) is 0 Å². The Bertz CT molecular complexity index is 775. The average molecular weight is 387 g/mol. The van der Waals surface area contributed by atoms with Crippen LogP contribution < -0.4 is 5.32 Å². The molecule has 0 aromatic heterocycles. The van der Waals surface area contributed by atoms with Gasteiger partial charge in [0.25, 0.3) is 0 Å². The van der Waals surface area contributed by atoms with Crippen molar-refractivity contribution in [2.75, 3.05) is 19.3 Å². The second kappa shape index (κ2) is 7.48. The first kappa shape index (κ1) is 19.0. The van der Waals surface area contributed by atoms with Crippen LogP contribution in [0, 0.1) is 11.6 Å². The number of halogens is 2. The van der Waals surface area contributed by atoms with Gasteiger partial charge < -0.3 is 10.2 Å². The van der Waals surface area contributed by atoms with E-state index in [4.69, 9.17) is 0 Å². The highest BCUT2D eigenvalue weighted by atomic mass is 32.2. The highest BCUT2D eigenvalue weighted by molar-refractivity contribution is 7.88. The third-order valence-electron chi connectivity index (χ3n) is 4.85. The van der Waals surface area contributed by atoms with Crippen LogP contribution in [-0.4, -0.2) is 55.1 Å². The van der Waals surface area contributed by atoms with Crippen molar-refractivity contribution in [3.63, 3.8) is 0 Å². The molecule has 0 spiro atoms. The van der Waals surface area contributed by atoms with Crippen molar-refractivity contribution < 1.29 is 22.0 Å². The number of urea groups is 1. The maximum atomic E-state index is 13.9. The lowest BCUT2D eigenvalue weighted by Gasteiger charge is -2.32. The number of sulfonamides is 1. The summed E-state index contributed by atoms with van der Waals surface area (Å²) < 4.78 is 51.5. The molecule has 1 N–H and O–H groups in total. The molecule has 1 saturated carbocycles. The van der Waals surface area contributed by atoms with Crippen LogP contribution in [0.25, 0.3) is 0 Å². The predicted molar refractivity (Wildman–Crippen MR) is 92.9 cm³/mol. The third-order valence-corrected chi connectivity index (χ3v) is 6.16. The first-order valence-corrected chi connectivity index (χ1v) is 10.5. The molecule has 0 unspecified atom stereocenters. The van der Waals surface area contributed by atoms with Gasteiger partial charge in [-0.15, -0.1) is 0 Å². The quantitative estimate of drug-likeness (QED) is 0.841. The lowest BCUT2D eigenvalue weighted by Crippen LogP contribution is -2.50. The minimum Gasteiger partial charge on any atom is -0.335 e. The fourth-order valence-electron chi connectivity index (χ4n) is 3.18. The Morgan fingerprint density at radius 2 is 1.88 bits per heavy atom. The summed E-state index contributed by atoms with van der Waals surface area (Å²) in [5.41, 5.74) is 0.278. The van der Waals surface area contributed by atoms with E-state index in [9.17, 15) is 22.0 Å². The Balaban J connectivity index is 1.60. The van der Waals surface area contributed by atoms with Crippen molar-refractivity contribution in [2.45, 2.75) is 44.3 Å². The van der Waals surface area contributed by atoms with Gasteiger partial charge >= 0.3 is 6.03 Å². The van der Waals surface area contributed by atoms with Crippen LogP contribution in [0.4, 0.5) is 13.6 Å². The zero-order chi connectivity index (χ0) is 18.9. The molecule has 0 radical (unpaired) electrons. The van der Waals surface area contributed by atoms with E-state index >= 15 is 0 Å². The first-order chi connectivity index (χ1) is 12.2. The summed E-state index contributed by atoms with van der Waals surface area (Å²) in [4.78, 5) is 14.2. The maximum Gasteiger partial charge on any atom is 0.318 e. The second-order valence-electron chi connectivity index (χ2n) is 6.98. The number of hydrogen-bond donors (Lipinski definition) is 1. The monoisotopic (exact) mass is 387 g/mol. The van der Waals surface area contributed by atoms with E-state index in [1.165, 1.54) is 22.7 Å². The number of nitrogens with one attached hydrogen (secondary N) is 1. The van der Waals surface area contributed by atoms with Gasteiger partial charge in [-0.1, -0.05) is 6.07 Å². The fraction of sp³-hybridized carbons (Fsp3) is 0.588. The molecule has 1 saturated heterocycles. The molecule has 2 aliphatic rings. The summed E-state index contributed by atoms with van der Waals surface area (Å²) in [6.45, 7) is 0.838. The minimum absolute atomic E-state index is 0.0653. The highest BCUT2D eigenvalue weighted by Crippen LogP contribution is 2.29.